The van der Waals surface area contributed by atoms with E-state index in [2.05, 4.69) is 15.6 Å². The van der Waals surface area contributed by atoms with Crippen LogP contribution in [-0.2, 0) is 4.74 Å². The largest absolute Gasteiger partial charge is 0.465 e. The maximum Gasteiger partial charge on any atom is 0.337 e. The molecule has 6 nitrogen and oxygen atoms in total. The fraction of sp³-hybridized carbons (Fsp3) is 0.0952. The van der Waals surface area contributed by atoms with Gasteiger partial charge < -0.3 is 15.4 Å². The molecule has 0 bridgehead atoms. The van der Waals surface area contributed by atoms with Gasteiger partial charge in [0, 0.05) is 5.56 Å². The van der Waals surface area contributed by atoms with E-state index in [0.29, 0.717) is 33.3 Å². The van der Waals surface area contributed by atoms with Crippen molar-refractivity contribution < 1.29 is 14.3 Å². The highest BCUT2D eigenvalue weighted by atomic mass is 35.5. The molecule has 142 valence electrons. The number of rotatable bonds is 5. The molecule has 3 rings (SSSR count). The van der Waals surface area contributed by atoms with Crippen molar-refractivity contribution >= 4 is 40.7 Å². The van der Waals surface area contributed by atoms with Crippen LogP contribution in [0.2, 0.25) is 5.02 Å². The summed E-state index contributed by atoms with van der Waals surface area (Å²) in [5.74, 6) is -0.264. The molecule has 0 fully saturated rings. The average molecular weight is 396 g/mol. The lowest BCUT2D eigenvalue weighted by atomic mass is 10.1. The van der Waals surface area contributed by atoms with Crippen molar-refractivity contribution in [3.63, 3.8) is 0 Å². The Morgan fingerprint density at radius 2 is 1.71 bits per heavy atom. The van der Waals surface area contributed by atoms with Crippen molar-refractivity contribution in [3.05, 3.63) is 82.5 Å². The number of pyridine rings is 1. The summed E-state index contributed by atoms with van der Waals surface area (Å²) in [4.78, 5) is 28.1. The first-order valence-corrected chi connectivity index (χ1v) is 8.83. The summed E-state index contributed by atoms with van der Waals surface area (Å²) in [6.07, 6.45) is 1.56. The number of esters is 1. The van der Waals surface area contributed by atoms with Gasteiger partial charge in [0.2, 0.25) is 0 Å². The molecule has 0 spiro atoms. The number of aromatic nitrogens is 1. The van der Waals surface area contributed by atoms with Crippen LogP contribution in [0, 0.1) is 6.92 Å². The van der Waals surface area contributed by atoms with E-state index in [9.17, 15) is 9.59 Å². The lowest BCUT2D eigenvalue weighted by molar-refractivity contribution is 0.0600. The van der Waals surface area contributed by atoms with Crippen molar-refractivity contribution in [1.29, 1.82) is 0 Å². The first-order chi connectivity index (χ1) is 13.5. The van der Waals surface area contributed by atoms with E-state index in [1.807, 2.05) is 19.1 Å². The zero-order valence-corrected chi connectivity index (χ0v) is 16.1. The Balaban J connectivity index is 1.70. The molecule has 1 amide bonds. The SMILES string of the molecule is COC(=O)c1ccc(Cl)c(Nc2ccc(NC(=O)c3ccc(C)cc3)nc2)c1. The van der Waals surface area contributed by atoms with Crippen molar-refractivity contribution in [1.82, 2.24) is 4.98 Å². The number of carbonyl (C=O) groups excluding carboxylic acids is 2. The second-order valence-corrected chi connectivity index (χ2v) is 6.47. The van der Waals surface area contributed by atoms with Crippen molar-refractivity contribution in [3.8, 4) is 0 Å². The molecule has 0 aliphatic rings. The summed E-state index contributed by atoms with van der Waals surface area (Å²) in [7, 11) is 1.32. The first-order valence-electron chi connectivity index (χ1n) is 8.45. The minimum absolute atomic E-state index is 0.234. The highest BCUT2D eigenvalue weighted by Gasteiger charge is 2.10. The van der Waals surface area contributed by atoms with Gasteiger partial charge >= 0.3 is 5.97 Å². The number of methoxy groups -OCH3 is 1. The summed E-state index contributed by atoms with van der Waals surface area (Å²) >= 11 is 6.18. The maximum atomic E-state index is 12.2. The topological polar surface area (TPSA) is 80.3 Å². The van der Waals surface area contributed by atoms with E-state index >= 15 is 0 Å². The van der Waals surface area contributed by atoms with E-state index in [1.165, 1.54) is 7.11 Å². The van der Waals surface area contributed by atoms with Gasteiger partial charge in [-0.25, -0.2) is 9.78 Å². The molecular formula is C21H18ClN3O3. The monoisotopic (exact) mass is 395 g/mol. The van der Waals surface area contributed by atoms with Gasteiger partial charge in [-0.3, -0.25) is 4.79 Å². The number of amides is 1. The fourth-order valence-electron chi connectivity index (χ4n) is 2.46. The molecule has 0 atom stereocenters. The minimum Gasteiger partial charge on any atom is -0.465 e. The molecule has 28 heavy (non-hydrogen) atoms. The van der Waals surface area contributed by atoms with Crippen LogP contribution in [0.15, 0.2) is 60.8 Å². The van der Waals surface area contributed by atoms with Crippen LogP contribution in [0.5, 0.6) is 0 Å². The van der Waals surface area contributed by atoms with Gasteiger partial charge in [-0.2, -0.15) is 0 Å². The summed E-state index contributed by atoms with van der Waals surface area (Å²) in [6, 6.07) is 15.5. The zero-order chi connectivity index (χ0) is 20.1. The number of carbonyl (C=O) groups is 2. The highest BCUT2D eigenvalue weighted by Crippen LogP contribution is 2.27. The quantitative estimate of drug-likeness (QED) is 0.605. The summed E-state index contributed by atoms with van der Waals surface area (Å²) in [5.41, 5.74) is 3.21. The van der Waals surface area contributed by atoms with Gasteiger partial charge in [0.05, 0.1) is 35.3 Å². The third kappa shape index (κ3) is 4.66. The highest BCUT2D eigenvalue weighted by molar-refractivity contribution is 6.33. The number of nitrogens with one attached hydrogen (secondary N) is 2. The second kappa shape index (κ2) is 8.54. The van der Waals surface area contributed by atoms with E-state index in [0.717, 1.165) is 5.56 Å². The van der Waals surface area contributed by atoms with Gasteiger partial charge in [-0.05, 0) is 49.4 Å². The van der Waals surface area contributed by atoms with Crippen LogP contribution in [0.1, 0.15) is 26.3 Å². The van der Waals surface area contributed by atoms with Crippen LogP contribution in [0.4, 0.5) is 17.2 Å². The molecule has 0 unspecified atom stereocenters. The number of aryl methyl sites for hydroxylation is 1. The number of halogens is 1. The fourth-order valence-corrected chi connectivity index (χ4v) is 2.62. The zero-order valence-electron chi connectivity index (χ0n) is 15.3. The Hall–Kier alpha value is -3.38. The molecule has 0 saturated heterocycles. The lowest BCUT2D eigenvalue weighted by Gasteiger charge is -2.11. The Bertz CT molecular complexity index is 1000. The molecule has 3 aromatic rings. The third-order valence-electron chi connectivity index (χ3n) is 3.99. The molecule has 1 aromatic heterocycles. The van der Waals surface area contributed by atoms with Gasteiger partial charge in [-0.15, -0.1) is 0 Å². The molecule has 0 saturated carbocycles. The van der Waals surface area contributed by atoms with E-state index in [4.69, 9.17) is 16.3 Å². The number of hydrogen-bond acceptors (Lipinski definition) is 5. The predicted molar refractivity (Wildman–Crippen MR) is 109 cm³/mol. The summed E-state index contributed by atoms with van der Waals surface area (Å²) in [6.45, 7) is 1.96. The van der Waals surface area contributed by atoms with E-state index in [1.54, 1.807) is 48.7 Å². The van der Waals surface area contributed by atoms with Gasteiger partial charge in [-0.1, -0.05) is 29.3 Å². The Labute approximate surface area is 167 Å². The normalized spacial score (nSPS) is 10.2. The Morgan fingerprint density at radius 3 is 2.36 bits per heavy atom. The second-order valence-electron chi connectivity index (χ2n) is 6.06. The Kier molecular flexibility index (Phi) is 5.91. The standard InChI is InChI=1S/C21H18ClN3O3/c1-13-3-5-14(6-4-13)20(26)25-19-10-8-16(12-23-19)24-18-11-15(21(27)28-2)7-9-17(18)22/h3-12,24H,1-2H3,(H,23,25,26). The lowest BCUT2D eigenvalue weighted by Crippen LogP contribution is -2.12. The third-order valence-corrected chi connectivity index (χ3v) is 4.31. The summed E-state index contributed by atoms with van der Waals surface area (Å²) < 4.78 is 4.71. The molecule has 2 N–H and O–H groups in total. The predicted octanol–water partition coefficient (Wildman–Crippen LogP) is 4.83. The van der Waals surface area contributed by atoms with Crippen molar-refractivity contribution in [2.75, 3.05) is 17.7 Å². The maximum absolute atomic E-state index is 12.2. The van der Waals surface area contributed by atoms with Gasteiger partial charge in [0.15, 0.2) is 0 Å². The van der Waals surface area contributed by atoms with E-state index in [-0.39, 0.29) is 5.91 Å². The minimum atomic E-state index is -0.452. The number of anilines is 3. The number of benzene rings is 2. The van der Waals surface area contributed by atoms with Gasteiger partial charge in [0.1, 0.15) is 5.82 Å². The molecule has 0 radical (unpaired) electrons. The number of ether oxygens (including phenoxy) is 1. The first kappa shape index (κ1) is 19.4. The van der Waals surface area contributed by atoms with Gasteiger partial charge in [0.25, 0.3) is 5.91 Å². The molecule has 2 aromatic carbocycles. The smallest absolute Gasteiger partial charge is 0.337 e. The van der Waals surface area contributed by atoms with Crippen LogP contribution in [-0.4, -0.2) is 24.0 Å². The van der Waals surface area contributed by atoms with Crippen molar-refractivity contribution in [2.24, 2.45) is 0 Å². The molecular weight excluding hydrogens is 378 g/mol. The molecule has 0 aliphatic carbocycles. The number of nitrogens with zero attached hydrogens (tertiary/aromatic N) is 1. The molecule has 7 heteroatoms. The van der Waals surface area contributed by atoms with Crippen LogP contribution >= 0.6 is 11.6 Å². The Morgan fingerprint density at radius 1 is 1.00 bits per heavy atom. The molecule has 0 aliphatic heterocycles. The van der Waals surface area contributed by atoms with Crippen LogP contribution in [0.3, 0.4) is 0 Å². The van der Waals surface area contributed by atoms with Crippen LogP contribution < -0.4 is 10.6 Å². The summed E-state index contributed by atoms with van der Waals surface area (Å²) in [5, 5.41) is 6.29. The number of hydrogen-bond donors (Lipinski definition) is 2. The average Bonchev–Trinajstić information content (AvgIpc) is 2.71. The van der Waals surface area contributed by atoms with Crippen molar-refractivity contribution in [2.45, 2.75) is 6.92 Å². The van der Waals surface area contributed by atoms with E-state index < -0.39 is 5.97 Å². The molecule has 1 heterocycles. The van der Waals surface area contributed by atoms with Crippen LogP contribution in [0.25, 0.3) is 0 Å².